The van der Waals surface area contributed by atoms with E-state index < -0.39 is 0 Å². The van der Waals surface area contributed by atoms with Gasteiger partial charge in [0.2, 0.25) is 5.91 Å². The van der Waals surface area contributed by atoms with Crippen molar-refractivity contribution in [3.05, 3.63) is 42.5 Å². The number of unbranched alkanes of at least 4 members (excludes halogenated alkanes) is 1. The number of rotatable bonds is 5. The van der Waals surface area contributed by atoms with Gasteiger partial charge in [-0.15, -0.1) is 0 Å². The number of anilines is 1. The third-order valence-corrected chi connectivity index (χ3v) is 5.23. The van der Waals surface area contributed by atoms with Crippen LogP contribution in [-0.4, -0.2) is 5.91 Å². The molecule has 0 unspecified atom stereocenters. The van der Waals surface area contributed by atoms with Crippen molar-refractivity contribution in [1.29, 1.82) is 0 Å². The number of hydrogen-bond acceptors (Lipinski definition) is 1. The smallest absolute Gasteiger partial charge is 0.227 e. The van der Waals surface area contributed by atoms with Crippen LogP contribution in [0.4, 0.5) is 5.69 Å². The summed E-state index contributed by atoms with van der Waals surface area (Å²) in [5.74, 6) is 1.23. The summed E-state index contributed by atoms with van der Waals surface area (Å²) in [6, 6.07) is 14.3. The third kappa shape index (κ3) is 3.93. The predicted octanol–water partition coefficient (Wildman–Crippen LogP) is 5.77. The summed E-state index contributed by atoms with van der Waals surface area (Å²) in [6.45, 7) is 2.25. The standard InChI is InChI=1S/C21H27NO/c1-2-3-7-16-12-14-18(15-13-16)21(23)22-20-11-6-9-17-8-4-5-10-19(17)20/h4-6,8-11,16,18H,2-3,7,12-15H2,1H3,(H,22,23). The Labute approximate surface area is 139 Å². The molecule has 1 saturated carbocycles. The van der Waals surface area contributed by atoms with Gasteiger partial charge in [-0.1, -0.05) is 62.6 Å². The number of fused-ring (bicyclic) bond motifs is 1. The molecule has 0 spiro atoms. The van der Waals surface area contributed by atoms with Crippen LogP contribution in [0.1, 0.15) is 51.9 Å². The first-order valence-corrected chi connectivity index (χ1v) is 9.06. The molecule has 0 radical (unpaired) electrons. The zero-order valence-electron chi connectivity index (χ0n) is 14.1. The van der Waals surface area contributed by atoms with E-state index in [1.54, 1.807) is 0 Å². The molecule has 2 aromatic carbocycles. The summed E-state index contributed by atoms with van der Waals surface area (Å²) >= 11 is 0. The van der Waals surface area contributed by atoms with Crippen molar-refractivity contribution < 1.29 is 4.79 Å². The zero-order valence-corrected chi connectivity index (χ0v) is 14.1. The molecule has 0 saturated heterocycles. The molecule has 23 heavy (non-hydrogen) atoms. The fourth-order valence-electron chi connectivity index (χ4n) is 3.78. The normalized spacial score (nSPS) is 21.3. The minimum Gasteiger partial charge on any atom is -0.325 e. The maximum absolute atomic E-state index is 12.6. The minimum absolute atomic E-state index is 0.187. The maximum atomic E-state index is 12.6. The van der Waals surface area contributed by atoms with Crippen LogP contribution in [0.5, 0.6) is 0 Å². The van der Waals surface area contributed by atoms with Crippen molar-refractivity contribution in [2.45, 2.75) is 51.9 Å². The third-order valence-electron chi connectivity index (χ3n) is 5.23. The van der Waals surface area contributed by atoms with E-state index in [1.807, 2.05) is 24.3 Å². The van der Waals surface area contributed by atoms with Crippen LogP contribution < -0.4 is 5.32 Å². The molecule has 1 fully saturated rings. The number of carbonyl (C=O) groups is 1. The van der Waals surface area contributed by atoms with E-state index in [-0.39, 0.29) is 11.8 Å². The lowest BCUT2D eigenvalue weighted by Gasteiger charge is -2.27. The first-order chi connectivity index (χ1) is 11.3. The summed E-state index contributed by atoms with van der Waals surface area (Å²) in [5.41, 5.74) is 0.946. The number of hydrogen-bond donors (Lipinski definition) is 1. The van der Waals surface area contributed by atoms with Crippen molar-refractivity contribution in [3.63, 3.8) is 0 Å². The van der Waals surface area contributed by atoms with Gasteiger partial charge in [0.05, 0.1) is 0 Å². The summed E-state index contributed by atoms with van der Waals surface area (Å²) in [6.07, 6.45) is 8.48. The molecule has 0 heterocycles. The SMILES string of the molecule is CCCCC1CCC(C(=O)Nc2cccc3ccccc23)CC1. The van der Waals surface area contributed by atoms with Gasteiger partial charge in [0.1, 0.15) is 0 Å². The average molecular weight is 309 g/mol. The van der Waals surface area contributed by atoms with Gasteiger partial charge in [0, 0.05) is 17.0 Å². The Hall–Kier alpha value is -1.83. The highest BCUT2D eigenvalue weighted by molar-refractivity contribution is 6.02. The molecule has 1 N–H and O–H groups in total. The van der Waals surface area contributed by atoms with E-state index in [2.05, 4.69) is 30.4 Å². The number of carbonyl (C=O) groups excluding carboxylic acids is 1. The Balaban J connectivity index is 1.61. The summed E-state index contributed by atoms with van der Waals surface area (Å²) in [5, 5.41) is 5.47. The van der Waals surface area contributed by atoms with E-state index >= 15 is 0 Å². The fourth-order valence-corrected chi connectivity index (χ4v) is 3.78. The summed E-state index contributed by atoms with van der Waals surface area (Å²) < 4.78 is 0. The second-order valence-electron chi connectivity index (χ2n) is 6.88. The molecular formula is C21H27NO. The van der Waals surface area contributed by atoms with Crippen molar-refractivity contribution in [2.24, 2.45) is 11.8 Å². The van der Waals surface area contributed by atoms with Crippen LogP contribution in [0, 0.1) is 11.8 Å². The van der Waals surface area contributed by atoms with Crippen LogP contribution in [0.15, 0.2) is 42.5 Å². The highest BCUT2D eigenvalue weighted by Gasteiger charge is 2.26. The van der Waals surface area contributed by atoms with E-state index in [0.29, 0.717) is 0 Å². The number of benzene rings is 2. The first-order valence-electron chi connectivity index (χ1n) is 9.06. The Morgan fingerprint density at radius 1 is 1.04 bits per heavy atom. The molecule has 0 aromatic heterocycles. The van der Waals surface area contributed by atoms with Crippen molar-refractivity contribution in [3.8, 4) is 0 Å². The molecule has 122 valence electrons. The average Bonchev–Trinajstić information content (AvgIpc) is 2.60. The van der Waals surface area contributed by atoms with Crippen molar-refractivity contribution >= 4 is 22.4 Å². The van der Waals surface area contributed by atoms with E-state index in [1.165, 1.54) is 37.5 Å². The molecule has 0 bridgehead atoms. The van der Waals surface area contributed by atoms with Crippen LogP contribution in [0.3, 0.4) is 0 Å². The highest BCUT2D eigenvalue weighted by atomic mass is 16.1. The van der Waals surface area contributed by atoms with Crippen molar-refractivity contribution in [1.82, 2.24) is 0 Å². The van der Waals surface area contributed by atoms with Crippen LogP contribution in [-0.2, 0) is 4.79 Å². The first kappa shape index (κ1) is 16.0. The molecule has 0 aliphatic heterocycles. The van der Waals surface area contributed by atoms with Gasteiger partial charge in [-0.3, -0.25) is 4.79 Å². The van der Waals surface area contributed by atoms with Crippen molar-refractivity contribution in [2.75, 3.05) is 5.32 Å². The summed E-state index contributed by atoms with van der Waals surface area (Å²) in [7, 11) is 0. The van der Waals surface area contributed by atoms with Crippen LogP contribution in [0.2, 0.25) is 0 Å². The van der Waals surface area contributed by atoms with E-state index in [0.717, 1.165) is 29.8 Å². The predicted molar refractivity (Wildman–Crippen MR) is 97.6 cm³/mol. The van der Waals surface area contributed by atoms with Gasteiger partial charge in [0.15, 0.2) is 0 Å². The lowest BCUT2D eigenvalue weighted by atomic mass is 9.79. The lowest BCUT2D eigenvalue weighted by Crippen LogP contribution is -2.27. The molecule has 2 aromatic rings. The molecular weight excluding hydrogens is 282 g/mol. The Morgan fingerprint density at radius 3 is 2.57 bits per heavy atom. The molecule has 1 aliphatic rings. The van der Waals surface area contributed by atoms with Gasteiger partial charge in [-0.25, -0.2) is 0 Å². The van der Waals surface area contributed by atoms with Crippen LogP contribution in [0.25, 0.3) is 10.8 Å². The van der Waals surface area contributed by atoms with Gasteiger partial charge < -0.3 is 5.32 Å². The maximum Gasteiger partial charge on any atom is 0.227 e. The monoisotopic (exact) mass is 309 g/mol. The van der Waals surface area contributed by atoms with Gasteiger partial charge in [-0.05, 0) is 43.1 Å². The Morgan fingerprint density at radius 2 is 1.78 bits per heavy atom. The topological polar surface area (TPSA) is 29.1 Å². The molecule has 0 atom stereocenters. The quantitative estimate of drug-likeness (QED) is 0.745. The molecule has 1 aliphatic carbocycles. The Kier molecular flexibility index (Phi) is 5.32. The molecule has 2 heteroatoms. The molecule has 3 rings (SSSR count). The fraction of sp³-hybridized carbons (Fsp3) is 0.476. The summed E-state index contributed by atoms with van der Waals surface area (Å²) in [4.78, 5) is 12.6. The van der Waals surface area contributed by atoms with Gasteiger partial charge in [-0.2, -0.15) is 0 Å². The van der Waals surface area contributed by atoms with Crippen LogP contribution >= 0.6 is 0 Å². The van der Waals surface area contributed by atoms with E-state index in [4.69, 9.17) is 0 Å². The molecule has 1 amide bonds. The zero-order chi connectivity index (χ0) is 16.1. The largest absolute Gasteiger partial charge is 0.325 e. The minimum atomic E-state index is 0.187. The van der Waals surface area contributed by atoms with Gasteiger partial charge >= 0.3 is 0 Å². The number of nitrogens with one attached hydrogen (secondary N) is 1. The highest BCUT2D eigenvalue weighted by Crippen LogP contribution is 2.33. The Bertz CT molecular complexity index is 650. The second kappa shape index (κ2) is 7.63. The lowest BCUT2D eigenvalue weighted by molar-refractivity contribution is -0.121. The second-order valence-corrected chi connectivity index (χ2v) is 6.88. The van der Waals surface area contributed by atoms with Gasteiger partial charge in [0.25, 0.3) is 0 Å². The molecule has 2 nitrogen and oxygen atoms in total. The van der Waals surface area contributed by atoms with E-state index in [9.17, 15) is 4.79 Å². The number of amides is 1.